The Hall–Kier alpha value is -1.93. The van der Waals surface area contributed by atoms with Crippen LogP contribution in [-0.4, -0.2) is 61.2 Å². The number of anilines is 2. The van der Waals surface area contributed by atoms with E-state index < -0.39 is 10.0 Å². The quantitative estimate of drug-likeness (QED) is 0.881. The maximum atomic E-state index is 11.6. The Morgan fingerprint density at radius 2 is 1.85 bits per heavy atom. The molecule has 140 valence electrons. The molecule has 2 aliphatic heterocycles. The van der Waals surface area contributed by atoms with E-state index >= 15 is 0 Å². The number of rotatable bonds is 4. The van der Waals surface area contributed by atoms with Crippen LogP contribution >= 0.6 is 0 Å². The average molecular weight is 375 g/mol. The Balaban J connectivity index is 1.52. The molecule has 2 aromatic rings. The van der Waals surface area contributed by atoms with Crippen molar-refractivity contribution in [3.8, 4) is 0 Å². The summed E-state index contributed by atoms with van der Waals surface area (Å²) in [7, 11) is -3.10. The maximum absolute atomic E-state index is 11.6. The molecule has 1 N–H and O–H groups in total. The molecule has 4 rings (SSSR count). The van der Waals surface area contributed by atoms with Crippen LogP contribution in [-0.2, 0) is 10.0 Å². The van der Waals surface area contributed by atoms with Gasteiger partial charge in [-0.15, -0.1) is 0 Å². The first-order valence-corrected chi connectivity index (χ1v) is 11.1. The number of nitrogens with one attached hydrogen (secondary N) is 1. The second-order valence-corrected chi connectivity index (χ2v) is 9.17. The molecular weight excluding hydrogens is 350 g/mol. The van der Waals surface area contributed by atoms with Gasteiger partial charge in [-0.25, -0.2) is 22.7 Å². The van der Waals surface area contributed by atoms with Gasteiger partial charge in [0.25, 0.3) is 0 Å². The lowest BCUT2D eigenvalue weighted by Gasteiger charge is -2.30. The van der Waals surface area contributed by atoms with Crippen molar-refractivity contribution in [2.24, 2.45) is 0 Å². The zero-order valence-electron chi connectivity index (χ0n) is 15.1. The lowest BCUT2D eigenvalue weighted by atomic mass is 10.1. The summed E-state index contributed by atoms with van der Waals surface area (Å²) in [5.41, 5.74) is 2.16. The second-order valence-electron chi connectivity index (χ2n) is 7.18. The van der Waals surface area contributed by atoms with Crippen LogP contribution < -0.4 is 10.2 Å². The van der Waals surface area contributed by atoms with Crippen molar-refractivity contribution >= 4 is 32.6 Å². The third-order valence-electron chi connectivity index (χ3n) is 5.29. The predicted octanol–water partition coefficient (Wildman–Crippen LogP) is 2.07. The molecule has 2 fully saturated rings. The summed E-state index contributed by atoms with van der Waals surface area (Å²) in [4.78, 5) is 11.6. The number of nitrogens with zero attached hydrogens (tertiary/aromatic N) is 4. The van der Waals surface area contributed by atoms with Crippen LogP contribution in [0.25, 0.3) is 10.9 Å². The first-order chi connectivity index (χ1) is 12.5. The van der Waals surface area contributed by atoms with Gasteiger partial charge in [0.05, 0.1) is 17.5 Å². The molecule has 0 atom stereocenters. The minimum Gasteiger partial charge on any atom is -0.370 e. The van der Waals surface area contributed by atoms with E-state index in [-0.39, 0.29) is 6.04 Å². The normalized spacial score (nSPS) is 20.0. The highest BCUT2D eigenvalue weighted by Gasteiger charge is 2.25. The van der Waals surface area contributed by atoms with E-state index in [1.807, 2.05) is 12.3 Å². The topological polar surface area (TPSA) is 78.4 Å². The van der Waals surface area contributed by atoms with Gasteiger partial charge in [-0.3, -0.25) is 0 Å². The summed E-state index contributed by atoms with van der Waals surface area (Å²) in [6, 6.07) is 6.44. The van der Waals surface area contributed by atoms with Crippen LogP contribution in [0.1, 0.15) is 25.7 Å². The van der Waals surface area contributed by atoms with Gasteiger partial charge in [0, 0.05) is 43.8 Å². The molecule has 0 saturated carbocycles. The van der Waals surface area contributed by atoms with Crippen LogP contribution in [0.3, 0.4) is 0 Å². The molecule has 8 heteroatoms. The third kappa shape index (κ3) is 3.61. The van der Waals surface area contributed by atoms with Crippen LogP contribution in [0, 0.1) is 0 Å². The van der Waals surface area contributed by atoms with Gasteiger partial charge < -0.3 is 10.2 Å². The van der Waals surface area contributed by atoms with Gasteiger partial charge in [0.15, 0.2) is 0 Å². The molecule has 0 radical (unpaired) electrons. The Labute approximate surface area is 154 Å². The summed E-state index contributed by atoms with van der Waals surface area (Å²) in [6.07, 6.45) is 7.13. The Morgan fingerprint density at radius 1 is 1.12 bits per heavy atom. The second kappa shape index (κ2) is 7.00. The highest BCUT2D eigenvalue weighted by Crippen LogP contribution is 2.28. The minimum atomic E-state index is -3.10. The van der Waals surface area contributed by atoms with Gasteiger partial charge in [0.1, 0.15) is 0 Å². The SMILES string of the molecule is CS(=O)(=O)N1CCC(Nc2ncc3cccc(N4CCCC4)c3n2)CC1. The predicted molar refractivity (Wildman–Crippen MR) is 104 cm³/mol. The summed E-state index contributed by atoms with van der Waals surface area (Å²) in [6.45, 7) is 3.25. The van der Waals surface area contributed by atoms with E-state index in [0.29, 0.717) is 19.0 Å². The molecule has 0 spiro atoms. The third-order valence-corrected chi connectivity index (χ3v) is 6.60. The molecule has 0 amide bonds. The molecular formula is C18H25N5O2S. The molecule has 0 aliphatic carbocycles. The monoisotopic (exact) mass is 375 g/mol. The van der Waals surface area contributed by atoms with E-state index in [9.17, 15) is 8.42 Å². The molecule has 2 saturated heterocycles. The smallest absolute Gasteiger partial charge is 0.223 e. The highest BCUT2D eigenvalue weighted by atomic mass is 32.2. The fourth-order valence-electron chi connectivity index (χ4n) is 3.84. The van der Waals surface area contributed by atoms with E-state index in [1.54, 1.807) is 0 Å². The van der Waals surface area contributed by atoms with Crippen LogP contribution in [0.5, 0.6) is 0 Å². The number of para-hydroxylation sites is 1. The molecule has 26 heavy (non-hydrogen) atoms. The summed E-state index contributed by atoms with van der Waals surface area (Å²) >= 11 is 0. The van der Waals surface area contributed by atoms with Gasteiger partial charge in [-0.05, 0) is 31.7 Å². The number of sulfonamides is 1. The van der Waals surface area contributed by atoms with Crippen molar-refractivity contribution in [2.75, 3.05) is 42.7 Å². The number of hydrogen-bond acceptors (Lipinski definition) is 6. The first-order valence-electron chi connectivity index (χ1n) is 9.23. The van der Waals surface area contributed by atoms with Crippen LogP contribution in [0.2, 0.25) is 0 Å². The maximum Gasteiger partial charge on any atom is 0.223 e. The van der Waals surface area contributed by atoms with E-state index in [2.05, 4.69) is 27.3 Å². The van der Waals surface area contributed by atoms with Crippen molar-refractivity contribution in [1.29, 1.82) is 0 Å². The van der Waals surface area contributed by atoms with Gasteiger partial charge >= 0.3 is 0 Å². The van der Waals surface area contributed by atoms with Gasteiger partial charge in [0.2, 0.25) is 16.0 Å². The molecule has 7 nitrogen and oxygen atoms in total. The van der Waals surface area contributed by atoms with Crippen molar-refractivity contribution in [1.82, 2.24) is 14.3 Å². The molecule has 1 aromatic heterocycles. The van der Waals surface area contributed by atoms with Gasteiger partial charge in [-0.2, -0.15) is 0 Å². The zero-order valence-corrected chi connectivity index (χ0v) is 15.9. The van der Waals surface area contributed by atoms with E-state index in [1.165, 1.54) is 29.1 Å². The fourth-order valence-corrected chi connectivity index (χ4v) is 4.71. The first kappa shape index (κ1) is 17.5. The standard InChI is InChI=1S/C18H25N5O2S/c1-26(24,25)23-11-7-15(8-12-23)20-18-19-13-14-5-4-6-16(17(14)21-18)22-9-2-3-10-22/h4-6,13,15H,2-3,7-12H2,1H3,(H,19,20,21). The average Bonchev–Trinajstić information content (AvgIpc) is 3.15. The number of benzene rings is 1. The lowest BCUT2D eigenvalue weighted by molar-refractivity contribution is 0.331. The highest BCUT2D eigenvalue weighted by molar-refractivity contribution is 7.88. The largest absolute Gasteiger partial charge is 0.370 e. The van der Waals surface area contributed by atoms with Gasteiger partial charge in [-0.1, -0.05) is 12.1 Å². The zero-order chi connectivity index (χ0) is 18.1. The Morgan fingerprint density at radius 3 is 2.54 bits per heavy atom. The van der Waals surface area contributed by atoms with E-state index in [4.69, 9.17) is 4.98 Å². The minimum absolute atomic E-state index is 0.199. The van der Waals surface area contributed by atoms with E-state index in [0.717, 1.165) is 36.8 Å². The molecule has 2 aliphatic rings. The number of hydrogen-bond donors (Lipinski definition) is 1. The molecule has 3 heterocycles. The van der Waals surface area contributed by atoms with Crippen molar-refractivity contribution in [3.63, 3.8) is 0 Å². The number of piperidine rings is 1. The van der Waals surface area contributed by atoms with Crippen molar-refractivity contribution in [2.45, 2.75) is 31.7 Å². The Kier molecular flexibility index (Phi) is 4.71. The lowest BCUT2D eigenvalue weighted by Crippen LogP contribution is -2.42. The summed E-state index contributed by atoms with van der Waals surface area (Å²) < 4.78 is 24.8. The molecule has 1 aromatic carbocycles. The number of fused-ring (bicyclic) bond motifs is 1. The van der Waals surface area contributed by atoms with Crippen LogP contribution in [0.4, 0.5) is 11.6 Å². The van der Waals surface area contributed by atoms with Crippen molar-refractivity contribution in [3.05, 3.63) is 24.4 Å². The van der Waals surface area contributed by atoms with Crippen LogP contribution in [0.15, 0.2) is 24.4 Å². The summed E-state index contributed by atoms with van der Waals surface area (Å²) in [5.74, 6) is 0.627. The summed E-state index contributed by atoms with van der Waals surface area (Å²) in [5, 5.41) is 4.45. The Bertz CT molecular complexity index is 888. The molecule has 0 unspecified atom stereocenters. The number of aromatic nitrogens is 2. The fraction of sp³-hybridized carbons (Fsp3) is 0.556. The molecule has 0 bridgehead atoms. The van der Waals surface area contributed by atoms with Crippen molar-refractivity contribution < 1.29 is 8.42 Å².